The van der Waals surface area contributed by atoms with Crippen LogP contribution in [0.25, 0.3) is 0 Å². The first kappa shape index (κ1) is 13.5. The van der Waals surface area contributed by atoms with Crippen LogP contribution in [0.2, 0.25) is 0 Å². The molecule has 1 unspecified atom stereocenters. The van der Waals surface area contributed by atoms with E-state index in [4.69, 9.17) is 0 Å². The van der Waals surface area contributed by atoms with E-state index in [0.29, 0.717) is 6.04 Å². The van der Waals surface area contributed by atoms with E-state index in [1.807, 2.05) is 12.1 Å². The molecular weight excluding hydrogens is 227 g/mol. The van der Waals surface area contributed by atoms with E-state index >= 15 is 0 Å². The van der Waals surface area contributed by atoms with Crippen molar-refractivity contribution in [1.82, 2.24) is 10.2 Å². The van der Waals surface area contributed by atoms with Gasteiger partial charge in [0.15, 0.2) is 0 Å². The molecule has 1 N–H and O–H groups in total. The molecule has 0 amide bonds. The van der Waals surface area contributed by atoms with E-state index in [0.717, 1.165) is 31.0 Å². The number of hydrogen-bond donors (Lipinski definition) is 1. The van der Waals surface area contributed by atoms with Crippen molar-refractivity contribution in [2.24, 2.45) is 5.92 Å². The van der Waals surface area contributed by atoms with Crippen LogP contribution in [-0.2, 0) is 0 Å². The molecule has 100 valence electrons. The number of benzene rings is 1. The standard InChI is InChI=1S/C15H23FN2/c1-18(2)15(10-12-6-8-17-9-7-12)13-4-3-5-14(16)11-13/h3-5,11-12,15,17H,6-10H2,1-2H3. The normalized spacial score (nSPS) is 19.1. The van der Waals surface area contributed by atoms with Gasteiger partial charge < -0.3 is 10.2 Å². The van der Waals surface area contributed by atoms with Gasteiger partial charge in [-0.1, -0.05) is 12.1 Å². The van der Waals surface area contributed by atoms with Gasteiger partial charge in [0.05, 0.1) is 0 Å². The molecule has 1 aromatic carbocycles. The van der Waals surface area contributed by atoms with Gasteiger partial charge in [-0.25, -0.2) is 4.39 Å². The van der Waals surface area contributed by atoms with Crippen LogP contribution in [0.1, 0.15) is 30.9 Å². The lowest BCUT2D eigenvalue weighted by Crippen LogP contribution is -2.31. The van der Waals surface area contributed by atoms with Crippen molar-refractivity contribution in [3.05, 3.63) is 35.6 Å². The predicted octanol–water partition coefficient (Wildman–Crippen LogP) is 2.82. The number of nitrogens with zero attached hydrogens (tertiary/aromatic N) is 1. The maximum absolute atomic E-state index is 13.3. The molecule has 1 heterocycles. The minimum atomic E-state index is -0.135. The molecule has 1 aromatic rings. The van der Waals surface area contributed by atoms with Gasteiger partial charge >= 0.3 is 0 Å². The smallest absolute Gasteiger partial charge is 0.123 e. The van der Waals surface area contributed by atoms with Crippen molar-refractivity contribution in [3.63, 3.8) is 0 Å². The first-order valence-electron chi connectivity index (χ1n) is 6.79. The highest BCUT2D eigenvalue weighted by molar-refractivity contribution is 5.20. The van der Waals surface area contributed by atoms with Gasteiger partial charge in [0.2, 0.25) is 0 Å². The van der Waals surface area contributed by atoms with Gasteiger partial charge in [0.1, 0.15) is 5.82 Å². The third-order valence-electron chi connectivity index (χ3n) is 3.87. The number of hydrogen-bond acceptors (Lipinski definition) is 2. The Labute approximate surface area is 109 Å². The molecule has 1 aliphatic rings. The van der Waals surface area contributed by atoms with Gasteiger partial charge in [-0.2, -0.15) is 0 Å². The molecule has 2 nitrogen and oxygen atoms in total. The molecule has 2 rings (SSSR count). The maximum atomic E-state index is 13.3. The monoisotopic (exact) mass is 250 g/mol. The summed E-state index contributed by atoms with van der Waals surface area (Å²) in [6.45, 7) is 2.24. The summed E-state index contributed by atoms with van der Waals surface area (Å²) in [6, 6.07) is 7.36. The highest BCUT2D eigenvalue weighted by atomic mass is 19.1. The minimum Gasteiger partial charge on any atom is -0.317 e. The van der Waals surface area contributed by atoms with Crippen LogP contribution in [0.3, 0.4) is 0 Å². The van der Waals surface area contributed by atoms with Gasteiger partial charge in [-0.15, -0.1) is 0 Å². The molecule has 0 saturated carbocycles. The highest BCUT2D eigenvalue weighted by Gasteiger charge is 2.21. The fourth-order valence-corrected chi connectivity index (χ4v) is 2.79. The Morgan fingerprint density at radius 1 is 1.33 bits per heavy atom. The average molecular weight is 250 g/mol. The van der Waals surface area contributed by atoms with Crippen molar-refractivity contribution < 1.29 is 4.39 Å². The lowest BCUT2D eigenvalue weighted by atomic mass is 9.88. The minimum absolute atomic E-state index is 0.135. The summed E-state index contributed by atoms with van der Waals surface area (Å²) in [7, 11) is 4.16. The zero-order chi connectivity index (χ0) is 13.0. The molecular formula is C15H23FN2. The summed E-state index contributed by atoms with van der Waals surface area (Å²) >= 11 is 0. The van der Waals surface area contributed by atoms with E-state index in [9.17, 15) is 4.39 Å². The van der Waals surface area contributed by atoms with Crippen molar-refractivity contribution >= 4 is 0 Å². The zero-order valence-electron chi connectivity index (χ0n) is 11.3. The third-order valence-corrected chi connectivity index (χ3v) is 3.87. The van der Waals surface area contributed by atoms with Crippen LogP contribution in [0.15, 0.2) is 24.3 Å². The average Bonchev–Trinajstić information content (AvgIpc) is 2.37. The summed E-state index contributed by atoms with van der Waals surface area (Å²) in [5.74, 6) is 0.617. The van der Waals surface area contributed by atoms with E-state index in [-0.39, 0.29) is 5.82 Å². The van der Waals surface area contributed by atoms with Crippen molar-refractivity contribution in [2.45, 2.75) is 25.3 Å². The van der Waals surface area contributed by atoms with Crippen LogP contribution in [-0.4, -0.2) is 32.1 Å². The number of halogens is 1. The molecule has 0 aromatic heterocycles. The Balaban J connectivity index is 2.07. The Hall–Kier alpha value is -0.930. The number of nitrogens with one attached hydrogen (secondary N) is 1. The van der Waals surface area contributed by atoms with E-state index in [1.165, 1.54) is 18.9 Å². The van der Waals surface area contributed by atoms with Crippen LogP contribution >= 0.6 is 0 Å². The molecule has 3 heteroatoms. The second-order valence-electron chi connectivity index (χ2n) is 5.46. The summed E-state index contributed by atoms with van der Waals surface area (Å²) in [5.41, 5.74) is 1.10. The molecule has 18 heavy (non-hydrogen) atoms. The molecule has 1 saturated heterocycles. The Kier molecular flexibility index (Phi) is 4.72. The summed E-state index contributed by atoms with van der Waals surface area (Å²) in [4.78, 5) is 2.21. The largest absolute Gasteiger partial charge is 0.317 e. The van der Waals surface area contributed by atoms with Crippen molar-refractivity contribution in [2.75, 3.05) is 27.2 Å². The van der Waals surface area contributed by atoms with Crippen LogP contribution < -0.4 is 5.32 Å². The molecule has 1 aliphatic heterocycles. The zero-order valence-corrected chi connectivity index (χ0v) is 11.3. The lowest BCUT2D eigenvalue weighted by molar-refractivity contribution is 0.223. The molecule has 0 aliphatic carbocycles. The SMILES string of the molecule is CN(C)C(CC1CCNCC1)c1cccc(F)c1. The summed E-state index contributed by atoms with van der Waals surface area (Å²) < 4.78 is 13.3. The van der Waals surface area contributed by atoms with Crippen LogP contribution in [0.5, 0.6) is 0 Å². The summed E-state index contributed by atoms with van der Waals surface area (Å²) in [5, 5.41) is 3.39. The third kappa shape index (κ3) is 3.53. The first-order chi connectivity index (χ1) is 8.66. The Morgan fingerprint density at radius 2 is 2.06 bits per heavy atom. The molecule has 0 radical (unpaired) electrons. The number of rotatable bonds is 4. The van der Waals surface area contributed by atoms with Gasteiger partial charge in [-0.05, 0) is 70.1 Å². The van der Waals surface area contributed by atoms with Gasteiger partial charge in [-0.3, -0.25) is 0 Å². The molecule has 0 bridgehead atoms. The topological polar surface area (TPSA) is 15.3 Å². The van der Waals surface area contributed by atoms with E-state index < -0.39 is 0 Å². The second-order valence-corrected chi connectivity index (χ2v) is 5.46. The van der Waals surface area contributed by atoms with Crippen molar-refractivity contribution in [1.29, 1.82) is 0 Å². The summed E-state index contributed by atoms with van der Waals surface area (Å²) in [6.07, 6.45) is 3.59. The molecule has 0 spiro atoms. The van der Waals surface area contributed by atoms with Gasteiger partial charge in [0.25, 0.3) is 0 Å². The van der Waals surface area contributed by atoms with E-state index in [2.05, 4.69) is 24.3 Å². The quantitative estimate of drug-likeness (QED) is 0.884. The predicted molar refractivity (Wildman–Crippen MR) is 73.0 cm³/mol. The Morgan fingerprint density at radius 3 is 2.67 bits per heavy atom. The lowest BCUT2D eigenvalue weighted by Gasteiger charge is -2.31. The van der Waals surface area contributed by atoms with Crippen molar-refractivity contribution in [3.8, 4) is 0 Å². The van der Waals surface area contributed by atoms with Crippen LogP contribution in [0, 0.1) is 11.7 Å². The fraction of sp³-hybridized carbons (Fsp3) is 0.600. The Bertz CT molecular complexity index is 373. The molecule has 1 fully saturated rings. The first-order valence-corrected chi connectivity index (χ1v) is 6.79. The van der Waals surface area contributed by atoms with E-state index in [1.54, 1.807) is 6.07 Å². The number of piperidine rings is 1. The fourth-order valence-electron chi connectivity index (χ4n) is 2.79. The molecule has 1 atom stereocenters. The van der Waals surface area contributed by atoms with Crippen LogP contribution in [0.4, 0.5) is 4.39 Å². The highest BCUT2D eigenvalue weighted by Crippen LogP contribution is 2.30. The van der Waals surface area contributed by atoms with Gasteiger partial charge in [0, 0.05) is 6.04 Å². The maximum Gasteiger partial charge on any atom is 0.123 e. The second kappa shape index (κ2) is 6.30.